The van der Waals surface area contributed by atoms with Gasteiger partial charge < -0.3 is 15.2 Å². The second kappa shape index (κ2) is 9.87. The molecule has 0 radical (unpaired) electrons. The van der Waals surface area contributed by atoms with Crippen molar-refractivity contribution in [1.82, 2.24) is 5.01 Å². The van der Waals surface area contributed by atoms with E-state index in [1.54, 1.807) is 18.2 Å². The molecule has 1 unspecified atom stereocenters. The van der Waals surface area contributed by atoms with Gasteiger partial charge in [-0.15, -0.1) is 0 Å². The van der Waals surface area contributed by atoms with Crippen LogP contribution in [0.25, 0.3) is 0 Å². The van der Waals surface area contributed by atoms with E-state index in [9.17, 15) is 9.59 Å². The lowest BCUT2D eigenvalue weighted by molar-refractivity contribution is -0.138. The van der Waals surface area contributed by atoms with E-state index < -0.39 is 5.97 Å². The number of carboxylic acid groups (broad SMARTS) is 1. The van der Waals surface area contributed by atoms with Gasteiger partial charge in [0.2, 0.25) is 0 Å². The lowest BCUT2D eigenvalue weighted by Gasteiger charge is -2.24. The molecule has 4 rings (SSSR count). The maximum atomic E-state index is 12.6. The molecule has 31 heavy (non-hydrogen) atoms. The Morgan fingerprint density at radius 3 is 2.71 bits per heavy atom. The van der Waals surface area contributed by atoms with E-state index in [-0.39, 0.29) is 18.2 Å². The molecule has 1 fully saturated rings. The zero-order chi connectivity index (χ0) is 21.6. The summed E-state index contributed by atoms with van der Waals surface area (Å²) in [4.78, 5) is 23.6. The summed E-state index contributed by atoms with van der Waals surface area (Å²) in [5.41, 5.74) is 3.09. The second-order valence-corrected chi connectivity index (χ2v) is 8.91. The first-order valence-electron chi connectivity index (χ1n) is 10.3. The van der Waals surface area contributed by atoms with Crippen LogP contribution in [0.5, 0.6) is 5.75 Å². The van der Waals surface area contributed by atoms with Crippen molar-refractivity contribution in [2.75, 3.05) is 36.5 Å². The number of fused-ring (bicyclic) bond motifs is 1. The quantitative estimate of drug-likeness (QED) is 0.671. The van der Waals surface area contributed by atoms with Crippen molar-refractivity contribution in [3.05, 3.63) is 59.2 Å². The summed E-state index contributed by atoms with van der Waals surface area (Å²) >= 11 is 1.95. The van der Waals surface area contributed by atoms with E-state index in [0.29, 0.717) is 24.3 Å². The minimum absolute atomic E-state index is 0.0612. The molecule has 2 N–H and O–H groups in total. The normalized spacial score (nSPS) is 18.3. The van der Waals surface area contributed by atoms with E-state index >= 15 is 0 Å². The Bertz CT molecular complexity index is 971. The zero-order valence-corrected chi connectivity index (χ0v) is 17.9. The number of ether oxygens (including phenoxy) is 1. The number of anilines is 1. The lowest BCUT2D eigenvalue weighted by Crippen LogP contribution is -2.27. The molecule has 1 saturated heterocycles. The molecule has 0 aromatic heterocycles. The Balaban J connectivity index is 1.37. The number of hydrogen-bond acceptors (Lipinski definition) is 6. The maximum Gasteiger partial charge on any atom is 0.303 e. The van der Waals surface area contributed by atoms with Crippen LogP contribution >= 0.6 is 11.8 Å². The molecular weight excluding hydrogens is 414 g/mol. The summed E-state index contributed by atoms with van der Waals surface area (Å²) in [6.07, 6.45) is 2.52. The van der Waals surface area contributed by atoms with Gasteiger partial charge in [-0.1, -0.05) is 12.1 Å². The Kier molecular flexibility index (Phi) is 6.76. The third-order valence-electron chi connectivity index (χ3n) is 5.30. The molecule has 0 aliphatic carbocycles. The topological polar surface area (TPSA) is 91.2 Å². The molecular formula is C23H25N3O4S. The fourth-order valence-corrected chi connectivity index (χ4v) is 4.54. The minimum atomic E-state index is -0.829. The van der Waals surface area contributed by atoms with Gasteiger partial charge in [0.15, 0.2) is 0 Å². The molecule has 162 valence electrons. The largest absolute Gasteiger partial charge is 0.493 e. The Morgan fingerprint density at radius 1 is 1.19 bits per heavy atom. The van der Waals surface area contributed by atoms with E-state index in [4.69, 9.17) is 9.84 Å². The Hall–Kier alpha value is -3.00. The molecule has 2 aliphatic heterocycles. The van der Waals surface area contributed by atoms with Gasteiger partial charge in [-0.05, 0) is 47.9 Å². The summed E-state index contributed by atoms with van der Waals surface area (Å²) in [5.74, 6) is 1.86. The predicted molar refractivity (Wildman–Crippen MR) is 122 cm³/mol. The number of carbonyl (C=O) groups is 2. The number of hydrazone groups is 1. The van der Waals surface area contributed by atoms with Crippen LogP contribution in [0, 0.1) is 5.92 Å². The maximum absolute atomic E-state index is 12.6. The first-order chi connectivity index (χ1) is 15.1. The summed E-state index contributed by atoms with van der Waals surface area (Å²) < 4.78 is 5.67. The van der Waals surface area contributed by atoms with Crippen LogP contribution in [0.15, 0.2) is 47.6 Å². The molecule has 0 spiro atoms. The molecule has 2 aliphatic rings. The van der Waals surface area contributed by atoms with Gasteiger partial charge in [-0.3, -0.25) is 14.6 Å². The van der Waals surface area contributed by atoms with Gasteiger partial charge in [0, 0.05) is 41.8 Å². The first kappa shape index (κ1) is 21.2. The van der Waals surface area contributed by atoms with Crippen molar-refractivity contribution in [1.29, 1.82) is 0 Å². The zero-order valence-electron chi connectivity index (χ0n) is 17.1. The Labute approximate surface area is 185 Å². The van der Waals surface area contributed by atoms with E-state index in [2.05, 4.69) is 15.4 Å². The highest BCUT2D eigenvalue weighted by atomic mass is 32.2. The number of nitrogens with zero attached hydrogens (tertiary/aromatic N) is 2. The number of thioether (sulfide) groups is 1. The van der Waals surface area contributed by atoms with Crippen LogP contribution in [0.3, 0.4) is 0 Å². The minimum Gasteiger partial charge on any atom is -0.493 e. The first-order valence-corrected chi connectivity index (χ1v) is 11.5. The predicted octanol–water partition coefficient (Wildman–Crippen LogP) is 3.35. The molecule has 2 aromatic rings. The Morgan fingerprint density at radius 2 is 1.97 bits per heavy atom. The summed E-state index contributed by atoms with van der Waals surface area (Å²) in [6.45, 7) is 2.33. The molecule has 2 aromatic carbocycles. The molecule has 1 atom stereocenters. The highest BCUT2D eigenvalue weighted by Gasteiger charge is 2.22. The van der Waals surface area contributed by atoms with Crippen molar-refractivity contribution < 1.29 is 19.4 Å². The molecule has 2 heterocycles. The molecule has 1 amide bonds. The van der Waals surface area contributed by atoms with Crippen molar-refractivity contribution in [3.63, 3.8) is 0 Å². The van der Waals surface area contributed by atoms with E-state index in [1.165, 1.54) is 0 Å². The fraction of sp³-hybridized carbons (Fsp3) is 0.348. The number of amides is 1. The molecule has 0 saturated carbocycles. The van der Waals surface area contributed by atoms with Crippen LogP contribution in [0.4, 0.5) is 5.69 Å². The average molecular weight is 440 g/mol. The number of aliphatic carboxylic acids is 1. The number of carboxylic acids is 1. The van der Waals surface area contributed by atoms with Gasteiger partial charge in [-0.25, -0.2) is 0 Å². The standard InChI is InChI=1S/C23H25N3O4S/c27-22(28)12-17-11-19-13-20(5-6-21(19)30-15-17)25-23(29)18-3-1-16(2-4-18)14-24-26-7-9-31-10-8-26/h1-6,13-14,17H,7-12,15H2,(H,25,29)(H,27,28). The van der Waals surface area contributed by atoms with Crippen LogP contribution in [0.1, 0.15) is 27.9 Å². The van der Waals surface area contributed by atoms with Crippen LogP contribution in [0.2, 0.25) is 0 Å². The van der Waals surface area contributed by atoms with E-state index in [0.717, 1.165) is 41.5 Å². The highest BCUT2D eigenvalue weighted by molar-refractivity contribution is 7.99. The number of benzene rings is 2. The van der Waals surface area contributed by atoms with Gasteiger partial charge in [0.25, 0.3) is 5.91 Å². The second-order valence-electron chi connectivity index (χ2n) is 7.69. The van der Waals surface area contributed by atoms with Gasteiger partial charge in [-0.2, -0.15) is 16.9 Å². The molecule has 0 bridgehead atoms. The summed E-state index contributed by atoms with van der Waals surface area (Å²) in [6, 6.07) is 12.8. The number of carbonyl (C=O) groups excluding carboxylic acids is 1. The smallest absolute Gasteiger partial charge is 0.303 e. The van der Waals surface area contributed by atoms with Crippen molar-refractivity contribution >= 4 is 35.5 Å². The molecule has 7 nitrogen and oxygen atoms in total. The number of rotatable bonds is 6. The third-order valence-corrected chi connectivity index (χ3v) is 6.24. The van der Waals surface area contributed by atoms with Crippen LogP contribution < -0.4 is 10.1 Å². The van der Waals surface area contributed by atoms with E-state index in [1.807, 2.05) is 42.2 Å². The average Bonchev–Trinajstić information content (AvgIpc) is 2.78. The summed E-state index contributed by atoms with van der Waals surface area (Å²) in [5, 5.41) is 18.5. The number of hydrogen-bond donors (Lipinski definition) is 2. The van der Waals surface area contributed by atoms with Crippen molar-refractivity contribution in [2.45, 2.75) is 12.8 Å². The molecule has 8 heteroatoms. The highest BCUT2D eigenvalue weighted by Crippen LogP contribution is 2.31. The van der Waals surface area contributed by atoms with Crippen molar-refractivity contribution in [2.24, 2.45) is 11.0 Å². The monoisotopic (exact) mass is 439 g/mol. The van der Waals surface area contributed by atoms with Crippen molar-refractivity contribution in [3.8, 4) is 5.75 Å². The third kappa shape index (κ3) is 5.79. The van der Waals surface area contributed by atoms with Crippen LogP contribution in [-0.2, 0) is 11.2 Å². The van der Waals surface area contributed by atoms with Gasteiger partial charge in [0.05, 0.1) is 19.2 Å². The number of nitrogens with one attached hydrogen (secondary N) is 1. The SMILES string of the molecule is O=C(O)CC1COc2ccc(NC(=O)c3ccc(C=NN4CCSCC4)cc3)cc2C1. The van der Waals surface area contributed by atoms with Gasteiger partial charge >= 0.3 is 5.97 Å². The lowest BCUT2D eigenvalue weighted by atomic mass is 9.94. The summed E-state index contributed by atoms with van der Waals surface area (Å²) in [7, 11) is 0. The van der Waals surface area contributed by atoms with Gasteiger partial charge in [0.1, 0.15) is 5.75 Å². The van der Waals surface area contributed by atoms with Crippen LogP contribution in [-0.4, -0.2) is 59.4 Å². The fourth-order valence-electron chi connectivity index (χ4n) is 3.65.